The Labute approximate surface area is 213 Å². The van der Waals surface area contributed by atoms with Gasteiger partial charge in [-0.2, -0.15) is 10.4 Å². The zero-order chi connectivity index (χ0) is 25.0. The quantitative estimate of drug-likeness (QED) is 0.532. The van der Waals surface area contributed by atoms with E-state index in [9.17, 15) is 10.1 Å². The average molecular weight is 501 g/mol. The van der Waals surface area contributed by atoms with Gasteiger partial charge in [-0.3, -0.25) is 9.48 Å². The van der Waals surface area contributed by atoms with Crippen molar-refractivity contribution in [2.24, 2.45) is 0 Å². The lowest BCUT2D eigenvalue weighted by atomic mass is 9.87. The minimum absolute atomic E-state index is 0.0121. The molecule has 0 bridgehead atoms. The lowest BCUT2D eigenvalue weighted by molar-refractivity contribution is -0.140. The van der Waals surface area contributed by atoms with Crippen molar-refractivity contribution in [3.05, 3.63) is 76.6 Å². The van der Waals surface area contributed by atoms with Gasteiger partial charge in [-0.25, -0.2) is 0 Å². The number of likely N-dealkylation sites (tertiary alicyclic amines) is 1. The molecular formula is C26H25ClN8O. The summed E-state index contributed by atoms with van der Waals surface area (Å²) in [6.45, 7) is 5.15. The van der Waals surface area contributed by atoms with Crippen molar-refractivity contribution >= 4 is 29.3 Å². The maximum absolute atomic E-state index is 11.8. The highest BCUT2D eigenvalue weighted by atomic mass is 35.5. The Hall–Kier alpha value is -3.90. The lowest BCUT2D eigenvalue weighted by Gasteiger charge is -2.48. The molecule has 0 radical (unpaired) electrons. The van der Waals surface area contributed by atoms with Crippen molar-refractivity contribution in [2.75, 3.05) is 13.1 Å². The number of nitriles is 1. The summed E-state index contributed by atoms with van der Waals surface area (Å²) in [5.41, 5.74) is 2.43. The standard InChI is InChI=1S/C26H25ClN8O/c1-17-29-30-25-7-6-22-24(35(17)25)13-23(33(22)14-19-4-3-5-20(27)12-19)21-8-11-34(31-21)26(9-10-28)15-32(16-26)18(2)36/h3-8,11-13,22,24H,9,14-16H2,1-2H3. The van der Waals surface area contributed by atoms with E-state index in [4.69, 9.17) is 16.7 Å². The van der Waals surface area contributed by atoms with Gasteiger partial charge in [0, 0.05) is 37.8 Å². The first-order valence-corrected chi connectivity index (χ1v) is 12.3. The van der Waals surface area contributed by atoms with Gasteiger partial charge in [-0.15, -0.1) is 10.2 Å². The van der Waals surface area contributed by atoms with Crippen LogP contribution in [0.25, 0.3) is 11.8 Å². The highest BCUT2D eigenvalue weighted by Gasteiger charge is 2.47. The molecule has 2 unspecified atom stereocenters. The highest BCUT2D eigenvalue weighted by Crippen LogP contribution is 2.42. The molecule has 0 saturated carbocycles. The molecule has 0 N–H and O–H groups in total. The molecule has 3 aromatic rings. The van der Waals surface area contributed by atoms with E-state index in [1.807, 2.05) is 48.1 Å². The van der Waals surface area contributed by atoms with Gasteiger partial charge in [0.05, 0.1) is 30.3 Å². The molecule has 2 aromatic heterocycles. The number of fused-ring (bicyclic) bond motifs is 3. The monoisotopic (exact) mass is 500 g/mol. The molecule has 3 aliphatic heterocycles. The summed E-state index contributed by atoms with van der Waals surface area (Å²) in [5.74, 6) is 1.71. The fourth-order valence-corrected chi connectivity index (χ4v) is 5.76. The summed E-state index contributed by atoms with van der Waals surface area (Å²) in [4.78, 5) is 15.9. The first-order valence-electron chi connectivity index (χ1n) is 11.9. The van der Waals surface area contributed by atoms with Crippen molar-refractivity contribution in [1.29, 1.82) is 5.26 Å². The van der Waals surface area contributed by atoms with E-state index < -0.39 is 5.54 Å². The van der Waals surface area contributed by atoms with E-state index >= 15 is 0 Å². The van der Waals surface area contributed by atoms with Gasteiger partial charge in [0.2, 0.25) is 5.91 Å². The van der Waals surface area contributed by atoms with Crippen molar-refractivity contribution in [3.8, 4) is 6.07 Å². The summed E-state index contributed by atoms with van der Waals surface area (Å²) in [5, 5.41) is 23.8. The molecule has 1 saturated heterocycles. The Morgan fingerprint density at radius 3 is 2.83 bits per heavy atom. The second kappa shape index (κ2) is 8.35. The van der Waals surface area contributed by atoms with E-state index in [0.717, 1.165) is 28.6 Å². The zero-order valence-corrected chi connectivity index (χ0v) is 20.8. The maximum Gasteiger partial charge on any atom is 0.219 e. The fraction of sp³-hybridized carbons (Fsp3) is 0.346. The van der Waals surface area contributed by atoms with Gasteiger partial charge in [0.25, 0.3) is 0 Å². The van der Waals surface area contributed by atoms with E-state index in [-0.39, 0.29) is 18.0 Å². The number of rotatable bonds is 5. The summed E-state index contributed by atoms with van der Waals surface area (Å²) < 4.78 is 4.03. The molecule has 5 heterocycles. The Morgan fingerprint density at radius 1 is 1.25 bits per heavy atom. The SMILES string of the molecule is CC(=O)N1CC(CC#N)(n2ccc(C3=CC4C(C=Cc5nnc(C)n54)N3Cc3cccc(Cl)c3)n2)C1. The van der Waals surface area contributed by atoms with Crippen LogP contribution in [0.4, 0.5) is 0 Å². The average Bonchev–Trinajstić information content (AvgIpc) is 3.53. The highest BCUT2D eigenvalue weighted by molar-refractivity contribution is 6.30. The Bertz CT molecular complexity index is 1450. The topological polar surface area (TPSA) is 95.9 Å². The molecule has 0 aliphatic carbocycles. The molecule has 3 aliphatic rings. The van der Waals surface area contributed by atoms with Crippen molar-refractivity contribution < 1.29 is 4.79 Å². The van der Waals surface area contributed by atoms with Crippen LogP contribution in [0.3, 0.4) is 0 Å². The minimum atomic E-state index is -0.500. The van der Waals surface area contributed by atoms with Crippen LogP contribution in [-0.4, -0.2) is 59.4 Å². The number of aromatic nitrogens is 5. The molecule has 2 atom stereocenters. The van der Waals surface area contributed by atoms with Crippen molar-refractivity contribution in [1.82, 2.24) is 34.3 Å². The number of carbonyl (C=O) groups is 1. The zero-order valence-electron chi connectivity index (χ0n) is 20.0. The Kier molecular flexibility index (Phi) is 5.23. The van der Waals surface area contributed by atoms with Gasteiger partial charge < -0.3 is 14.4 Å². The predicted octanol–water partition coefficient (Wildman–Crippen LogP) is 3.40. The van der Waals surface area contributed by atoms with Gasteiger partial charge in [0.15, 0.2) is 5.82 Å². The first kappa shape index (κ1) is 22.6. The number of nitrogens with zero attached hydrogens (tertiary/aromatic N) is 8. The molecule has 6 rings (SSSR count). The fourth-order valence-electron chi connectivity index (χ4n) is 5.55. The molecule has 1 fully saturated rings. The Morgan fingerprint density at radius 2 is 2.08 bits per heavy atom. The van der Waals surface area contributed by atoms with Crippen LogP contribution < -0.4 is 0 Å². The number of halogens is 1. The lowest BCUT2D eigenvalue weighted by Crippen LogP contribution is -2.63. The van der Waals surface area contributed by atoms with E-state index in [1.165, 1.54) is 0 Å². The second-order valence-electron chi connectivity index (χ2n) is 9.71. The number of aryl methyl sites for hydroxylation is 1. The second-order valence-corrected chi connectivity index (χ2v) is 10.1. The first-order chi connectivity index (χ1) is 17.4. The van der Waals surface area contributed by atoms with Crippen LogP contribution >= 0.6 is 11.6 Å². The normalized spacial score (nSPS) is 21.4. The molecule has 10 heteroatoms. The third kappa shape index (κ3) is 3.52. The number of hydrogen-bond acceptors (Lipinski definition) is 6. The summed E-state index contributed by atoms with van der Waals surface area (Å²) >= 11 is 6.30. The number of amides is 1. The smallest absolute Gasteiger partial charge is 0.219 e. The molecule has 9 nitrogen and oxygen atoms in total. The van der Waals surface area contributed by atoms with E-state index in [2.05, 4.69) is 44.0 Å². The molecule has 1 aromatic carbocycles. The summed E-state index contributed by atoms with van der Waals surface area (Å²) in [6.07, 6.45) is 8.64. The van der Waals surface area contributed by atoms with E-state index in [0.29, 0.717) is 31.1 Å². The molecule has 1 amide bonds. The summed E-state index contributed by atoms with van der Waals surface area (Å²) in [7, 11) is 0. The number of carbonyl (C=O) groups excluding carboxylic acids is 1. The predicted molar refractivity (Wildman–Crippen MR) is 134 cm³/mol. The Balaban J connectivity index is 1.38. The van der Waals surface area contributed by atoms with Crippen LogP contribution in [-0.2, 0) is 16.9 Å². The van der Waals surface area contributed by atoms with Crippen molar-refractivity contribution in [3.63, 3.8) is 0 Å². The van der Waals surface area contributed by atoms with Crippen LogP contribution in [0.1, 0.15) is 42.3 Å². The largest absolute Gasteiger partial charge is 0.357 e. The third-order valence-electron chi connectivity index (χ3n) is 7.38. The number of hydrogen-bond donors (Lipinski definition) is 0. The van der Waals surface area contributed by atoms with Crippen LogP contribution in [0.2, 0.25) is 5.02 Å². The van der Waals surface area contributed by atoms with Gasteiger partial charge in [-0.05, 0) is 42.8 Å². The van der Waals surface area contributed by atoms with Gasteiger partial charge in [0.1, 0.15) is 17.1 Å². The molecule has 36 heavy (non-hydrogen) atoms. The number of benzene rings is 1. The maximum atomic E-state index is 11.8. The van der Waals surface area contributed by atoms with Crippen LogP contribution in [0.15, 0.2) is 48.7 Å². The molecule has 0 spiro atoms. The molecule has 182 valence electrons. The van der Waals surface area contributed by atoms with Crippen molar-refractivity contribution in [2.45, 2.75) is 44.4 Å². The molecular weight excluding hydrogens is 476 g/mol. The van der Waals surface area contributed by atoms with Gasteiger partial charge >= 0.3 is 0 Å². The van der Waals surface area contributed by atoms with Crippen LogP contribution in [0, 0.1) is 18.3 Å². The van der Waals surface area contributed by atoms with Gasteiger partial charge in [-0.1, -0.05) is 29.8 Å². The third-order valence-corrected chi connectivity index (χ3v) is 7.62. The van der Waals surface area contributed by atoms with E-state index in [1.54, 1.807) is 11.8 Å². The van der Waals surface area contributed by atoms with Crippen LogP contribution in [0.5, 0.6) is 0 Å². The summed E-state index contributed by atoms with van der Waals surface area (Å²) in [6, 6.07) is 12.3. The minimum Gasteiger partial charge on any atom is -0.357 e.